The van der Waals surface area contributed by atoms with E-state index in [1.54, 1.807) is 6.92 Å². The van der Waals surface area contributed by atoms with Crippen molar-refractivity contribution in [1.29, 1.82) is 0 Å². The number of nitrogens with zero attached hydrogens (tertiary/aromatic N) is 5. The quantitative estimate of drug-likeness (QED) is 0.266. The number of halogens is 2. The third kappa shape index (κ3) is 8.95. The molecule has 2 fully saturated rings. The van der Waals surface area contributed by atoms with Gasteiger partial charge in [0, 0.05) is 45.3 Å². The van der Waals surface area contributed by atoms with E-state index in [9.17, 15) is 42.7 Å². The summed E-state index contributed by atoms with van der Waals surface area (Å²) in [4.78, 5) is 79.8. The highest BCUT2D eigenvalue weighted by molar-refractivity contribution is 5.97. The van der Waals surface area contributed by atoms with Gasteiger partial charge in [-0.05, 0) is 38.0 Å². The first kappa shape index (κ1) is 35.6. The average molecular weight is 678 g/mol. The Morgan fingerprint density at radius 1 is 1.06 bits per heavy atom. The number of aliphatic carboxylic acids is 1. The van der Waals surface area contributed by atoms with Crippen LogP contribution in [0.15, 0.2) is 30.3 Å². The molecule has 3 N–H and O–H groups in total. The summed E-state index contributed by atoms with van der Waals surface area (Å²) in [6.07, 6.45) is -0.358. The largest absolute Gasteiger partial charge is 0.481 e. The number of nitrogens with one attached hydrogen (secondary N) is 2. The highest BCUT2D eigenvalue weighted by Crippen LogP contribution is 2.23. The number of rotatable bonds is 13. The molecule has 4 rings (SSSR count). The molecule has 1 aromatic heterocycles. The van der Waals surface area contributed by atoms with Gasteiger partial charge in [0.15, 0.2) is 12.3 Å². The maximum Gasteiger partial charge on any atom is 0.409 e. The van der Waals surface area contributed by atoms with Crippen LogP contribution in [0.25, 0.3) is 5.69 Å². The molecule has 0 aliphatic carbocycles. The van der Waals surface area contributed by atoms with Crippen molar-refractivity contribution in [2.75, 3.05) is 59.2 Å². The van der Waals surface area contributed by atoms with Crippen LogP contribution in [-0.2, 0) is 23.9 Å². The molecule has 18 heteroatoms. The molecule has 2 aromatic rings. The van der Waals surface area contributed by atoms with Crippen LogP contribution < -0.4 is 15.4 Å². The summed E-state index contributed by atoms with van der Waals surface area (Å²) in [6, 6.07) is 3.97. The summed E-state index contributed by atoms with van der Waals surface area (Å²) in [7, 11) is 0. The fourth-order valence-electron chi connectivity index (χ4n) is 5.37. The number of hydrogen-bond acceptors (Lipinski definition) is 9. The maximum atomic E-state index is 14.1. The number of carbonyl (C=O) groups is 6. The van der Waals surface area contributed by atoms with Gasteiger partial charge in [-0.2, -0.15) is 5.10 Å². The van der Waals surface area contributed by atoms with Gasteiger partial charge in [-0.1, -0.05) is 6.07 Å². The van der Waals surface area contributed by atoms with Gasteiger partial charge in [-0.25, -0.2) is 18.3 Å². The van der Waals surface area contributed by atoms with Crippen LogP contribution in [0.5, 0.6) is 5.88 Å². The summed E-state index contributed by atoms with van der Waals surface area (Å²) in [5.74, 6) is -4.84. The van der Waals surface area contributed by atoms with E-state index in [4.69, 9.17) is 9.47 Å². The zero-order valence-electron chi connectivity index (χ0n) is 26.2. The molecule has 0 spiro atoms. The SMILES string of the molecule is CCOC(=O)N1CCN(C(=O)C(CC(=O)O)NC(=O)c2cc(OCC(=O)N3CCCC3C(=O)NCCF)n(-c3cccc(F)c3)n2)CC1. The summed E-state index contributed by atoms with van der Waals surface area (Å²) in [6.45, 7) is 1.05. The normalized spacial score (nSPS) is 16.6. The molecule has 260 valence electrons. The lowest BCUT2D eigenvalue weighted by Gasteiger charge is -2.35. The maximum absolute atomic E-state index is 14.1. The predicted molar refractivity (Wildman–Crippen MR) is 161 cm³/mol. The Balaban J connectivity index is 1.50. The molecule has 0 saturated carbocycles. The monoisotopic (exact) mass is 677 g/mol. The lowest BCUT2D eigenvalue weighted by molar-refractivity contribution is -0.143. The Hall–Kier alpha value is -5.29. The van der Waals surface area contributed by atoms with Crippen LogP contribution in [-0.4, -0.2) is 137 Å². The molecule has 5 amide bonds. The van der Waals surface area contributed by atoms with E-state index in [0.29, 0.717) is 12.8 Å². The van der Waals surface area contributed by atoms with Gasteiger partial charge in [0.2, 0.25) is 17.7 Å². The smallest absolute Gasteiger partial charge is 0.409 e. The second kappa shape index (κ2) is 16.5. The lowest BCUT2D eigenvalue weighted by atomic mass is 10.1. The van der Waals surface area contributed by atoms with Crippen LogP contribution >= 0.6 is 0 Å². The molecular formula is C30H37F2N7O9. The van der Waals surface area contributed by atoms with Crippen LogP contribution in [0, 0.1) is 5.82 Å². The number of alkyl halides is 1. The van der Waals surface area contributed by atoms with E-state index in [2.05, 4.69) is 15.7 Å². The molecule has 16 nitrogen and oxygen atoms in total. The topological polar surface area (TPSA) is 193 Å². The molecule has 2 atom stereocenters. The van der Waals surface area contributed by atoms with E-state index in [0.717, 1.165) is 16.8 Å². The van der Waals surface area contributed by atoms with Gasteiger partial charge in [0.05, 0.1) is 18.7 Å². The summed E-state index contributed by atoms with van der Waals surface area (Å²) >= 11 is 0. The number of carbonyl (C=O) groups excluding carboxylic acids is 5. The first-order valence-corrected chi connectivity index (χ1v) is 15.4. The molecule has 48 heavy (non-hydrogen) atoms. The fraction of sp³-hybridized carbons (Fsp3) is 0.500. The molecule has 0 radical (unpaired) electrons. The number of piperazine rings is 1. The third-order valence-electron chi connectivity index (χ3n) is 7.67. The number of benzene rings is 1. The second-order valence-corrected chi connectivity index (χ2v) is 10.9. The van der Waals surface area contributed by atoms with E-state index in [1.807, 2.05) is 0 Å². The van der Waals surface area contributed by atoms with E-state index in [-0.39, 0.29) is 63.1 Å². The zero-order chi connectivity index (χ0) is 34.8. The van der Waals surface area contributed by atoms with Gasteiger partial charge in [-0.3, -0.25) is 24.0 Å². The second-order valence-electron chi connectivity index (χ2n) is 10.9. The number of carboxylic acids is 1. The predicted octanol–water partition coefficient (Wildman–Crippen LogP) is 0.341. The van der Waals surface area contributed by atoms with Crippen molar-refractivity contribution < 1.29 is 52.1 Å². The number of hydrogen-bond donors (Lipinski definition) is 3. The number of carboxylic acid groups (broad SMARTS) is 1. The van der Waals surface area contributed by atoms with Gasteiger partial charge >= 0.3 is 12.1 Å². The van der Waals surface area contributed by atoms with Crippen LogP contribution in [0.2, 0.25) is 0 Å². The molecular weight excluding hydrogens is 640 g/mol. The summed E-state index contributed by atoms with van der Waals surface area (Å²) in [5, 5.41) is 18.5. The summed E-state index contributed by atoms with van der Waals surface area (Å²) in [5.41, 5.74) is -0.208. The van der Waals surface area contributed by atoms with E-state index < -0.39 is 73.3 Å². The van der Waals surface area contributed by atoms with Crippen molar-refractivity contribution in [2.24, 2.45) is 0 Å². The molecule has 0 bridgehead atoms. The Morgan fingerprint density at radius 2 is 1.79 bits per heavy atom. The Morgan fingerprint density at radius 3 is 2.46 bits per heavy atom. The number of aromatic nitrogens is 2. The van der Waals surface area contributed by atoms with Crippen molar-refractivity contribution in [2.45, 2.75) is 38.3 Å². The number of ether oxygens (including phenoxy) is 2. The average Bonchev–Trinajstić information content (AvgIpc) is 3.74. The minimum absolute atomic E-state index is 0.0826. The molecule has 3 heterocycles. The first-order valence-electron chi connectivity index (χ1n) is 15.4. The summed E-state index contributed by atoms with van der Waals surface area (Å²) < 4.78 is 38.4. The third-order valence-corrected chi connectivity index (χ3v) is 7.67. The molecule has 2 aliphatic rings. The van der Waals surface area contributed by atoms with Gasteiger partial charge < -0.3 is 39.9 Å². The highest BCUT2D eigenvalue weighted by Gasteiger charge is 2.35. The van der Waals surface area contributed by atoms with Crippen molar-refractivity contribution >= 4 is 35.7 Å². The number of amides is 5. The van der Waals surface area contributed by atoms with Crippen molar-refractivity contribution in [3.63, 3.8) is 0 Å². The minimum atomic E-state index is -1.50. The van der Waals surface area contributed by atoms with Crippen LogP contribution in [0.3, 0.4) is 0 Å². The standard InChI is InChI=1S/C30H37F2N7O9/c1-2-47-30(46)37-13-11-36(12-14-37)29(45)22(17-26(41)42)34-27(43)21-16-25(39(35-21)20-6-3-5-19(32)15-20)48-18-24(40)38-10-4-7-23(38)28(44)33-9-8-31/h3,5-6,15-16,22-23H,2,4,7-14,17-18H2,1H3,(H,33,44)(H,34,43)(H,41,42). The van der Waals surface area contributed by atoms with Crippen molar-refractivity contribution in [1.82, 2.24) is 35.1 Å². The molecule has 1 aromatic carbocycles. The van der Waals surface area contributed by atoms with Gasteiger partial charge in [-0.15, -0.1) is 0 Å². The van der Waals surface area contributed by atoms with E-state index in [1.165, 1.54) is 32.9 Å². The Labute approximate surface area is 273 Å². The Kier molecular flexibility index (Phi) is 12.2. The molecule has 2 aliphatic heterocycles. The lowest BCUT2D eigenvalue weighted by Crippen LogP contribution is -2.56. The van der Waals surface area contributed by atoms with Crippen LogP contribution in [0.1, 0.15) is 36.7 Å². The highest BCUT2D eigenvalue weighted by atomic mass is 19.1. The van der Waals surface area contributed by atoms with Gasteiger partial charge in [0.1, 0.15) is 24.6 Å². The Bertz CT molecular complexity index is 1510. The molecule has 2 unspecified atom stereocenters. The minimum Gasteiger partial charge on any atom is -0.481 e. The van der Waals surface area contributed by atoms with Crippen LogP contribution in [0.4, 0.5) is 13.6 Å². The first-order chi connectivity index (χ1) is 23.0. The fourth-order valence-corrected chi connectivity index (χ4v) is 5.37. The van der Waals surface area contributed by atoms with Crippen molar-refractivity contribution in [3.05, 3.63) is 41.8 Å². The molecule has 2 saturated heterocycles. The zero-order valence-corrected chi connectivity index (χ0v) is 26.2. The van der Waals surface area contributed by atoms with Gasteiger partial charge in [0.25, 0.3) is 11.8 Å². The van der Waals surface area contributed by atoms with Crippen molar-refractivity contribution in [3.8, 4) is 11.6 Å². The van der Waals surface area contributed by atoms with E-state index >= 15 is 0 Å². The number of likely N-dealkylation sites (tertiary alicyclic amines) is 1.